The molecule has 0 fully saturated rings. The number of nitrogens with one attached hydrogen (secondary N) is 3. The van der Waals surface area contributed by atoms with E-state index in [1.807, 2.05) is 0 Å². The lowest BCUT2D eigenvalue weighted by Gasteiger charge is -2.26. The van der Waals surface area contributed by atoms with E-state index in [-0.39, 0.29) is 31.4 Å². The summed E-state index contributed by atoms with van der Waals surface area (Å²) >= 11 is 0. The first-order valence-corrected chi connectivity index (χ1v) is 12.4. The van der Waals surface area contributed by atoms with Gasteiger partial charge in [0, 0.05) is 19.3 Å². The first-order chi connectivity index (χ1) is 18.2. The number of carboxylic acids is 3. The van der Waals surface area contributed by atoms with Gasteiger partial charge in [-0.1, -0.05) is 32.4 Å². The number of carbonyl (C=O) groups excluding carboxylic acids is 3. The zero-order valence-electron chi connectivity index (χ0n) is 21.8. The first-order valence-electron chi connectivity index (χ1n) is 12.4. The Hall–Kier alpha value is -4.20. The van der Waals surface area contributed by atoms with Crippen molar-refractivity contribution in [3.05, 3.63) is 29.8 Å². The Morgan fingerprint density at radius 1 is 0.795 bits per heavy atom. The van der Waals surface area contributed by atoms with Crippen LogP contribution in [0.15, 0.2) is 24.3 Å². The zero-order chi connectivity index (χ0) is 29.7. The van der Waals surface area contributed by atoms with Gasteiger partial charge in [-0.3, -0.25) is 24.0 Å². The van der Waals surface area contributed by atoms with Gasteiger partial charge in [-0.25, -0.2) is 4.79 Å². The maximum atomic E-state index is 13.3. The number of phenols is 1. The van der Waals surface area contributed by atoms with Gasteiger partial charge in [0.15, 0.2) is 0 Å². The third-order valence-electron chi connectivity index (χ3n) is 6.07. The average Bonchev–Trinajstić information content (AvgIpc) is 2.87. The van der Waals surface area contributed by atoms with E-state index in [0.717, 1.165) is 0 Å². The molecule has 5 unspecified atom stereocenters. The van der Waals surface area contributed by atoms with E-state index < -0.39 is 72.1 Å². The van der Waals surface area contributed by atoms with Crippen molar-refractivity contribution >= 4 is 35.6 Å². The van der Waals surface area contributed by atoms with Gasteiger partial charge >= 0.3 is 17.9 Å². The average molecular weight is 553 g/mol. The van der Waals surface area contributed by atoms with E-state index in [0.29, 0.717) is 12.0 Å². The number of hydrogen-bond acceptors (Lipinski definition) is 8. The summed E-state index contributed by atoms with van der Waals surface area (Å²) in [4.78, 5) is 72.4. The lowest BCUT2D eigenvalue weighted by molar-refractivity contribution is -0.144. The summed E-state index contributed by atoms with van der Waals surface area (Å²) in [5.41, 5.74) is 6.26. The van der Waals surface area contributed by atoms with Crippen LogP contribution in [0.25, 0.3) is 0 Å². The Labute approximate surface area is 225 Å². The summed E-state index contributed by atoms with van der Waals surface area (Å²) < 4.78 is 0. The number of aromatic hydroxyl groups is 1. The molecule has 0 aliphatic carbocycles. The molecule has 39 heavy (non-hydrogen) atoms. The highest BCUT2D eigenvalue weighted by Crippen LogP contribution is 2.13. The molecule has 0 saturated heterocycles. The minimum absolute atomic E-state index is 0.0424. The molecule has 14 heteroatoms. The van der Waals surface area contributed by atoms with E-state index in [2.05, 4.69) is 16.0 Å². The van der Waals surface area contributed by atoms with E-state index >= 15 is 0 Å². The molecule has 1 aromatic rings. The molecule has 1 aromatic carbocycles. The smallest absolute Gasteiger partial charge is 0.326 e. The molecule has 216 valence electrons. The highest BCUT2D eigenvalue weighted by atomic mass is 16.4. The predicted molar refractivity (Wildman–Crippen MR) is 136 cm³/mol. The molecule has 0 radical (unpaired) electrons. The van der Waals surface area contributed by atoms with Crippen LogP contribution in [-0.4, -0.2) is 80.2 Å². The van der Waals surface area contributed by atoms with E-state index in [1.165, 1.54) is 24.3 Å². The fourth-order valence-corrected chi connectivity index (χ4v) is 3.51. The summed E-state index contributed by atoms with van der Waals surface area (Å²) in [7, 11) is 0. The fraction of sp³-hybridized carbons (Fsp3) is 0.520. The lowest BCUT2D eigenvalue weighted by Crippen LogP contribution is -2.58. The number of hydrogen-bond donors (Lipinski definition) is 8. The summed E-state index contributed by atoms with van der Waals surface area (Å²) in [5.74, 6) is -6.85. The fourth-order valence-electron chi connectivity index (χ4n) is 3.51. The summed E-state index contributed by atoms with van der Waals surface area (Å²) in [6.45, 7) is 3.34. The second-order valence-electron chi connectivity index (χ2n) is 9.17. The third-order valence-corrected chi connectivity index (χ3v) is 6.07. The maximum Gasteiger partial charge on any atom is 0.326 e. The van der Waals surface area contributed by atoms with Gasteiger partial charge < -0.3 is 42.1 Å². The Morgan fingerprint density at radius 3 is 1.82 bits per heavy atom. The highest BCUT2D eigenvalue weighted by molar-refractivity contribution is 5.94. The quantitative estimate of drug-likeness (QED) is 0.123. The molecule has 5 atom stereocenters. The third kappa shape index (κ3) is 11.8. The summed E-state index contributed by atoms with van der Waals surface area (Å²) in [5, 5.41) is 44.1. The first kappa shape index (κ1) is 32.8. The topological polar surface area (TPSA) is 245 Å². The van der Waals surface area contributed by atoms with Crippen molar-refractivity contribution in [3.63, 3.8) is 0 Å². The second kappa shape index (κ2) is 15.9. The summed E-state index contributed by atoms with van der Waals surface area (Å²) in [6, 6.07) is 0.376. The summed E-state index contributed by atoms with van der Waals surface area (Å²) in [6.07, 6.45) is -1.17. The normalized spacial score (nSPS) is 14.6. The van der Waals surface area contributed by atoms with Gasteiger partial charge in [0.05, 0.1) is 6.04 Å². The van der Waals surface area contributed by atoms with Crippen LogP contribution in [0.3, 0.4) is 0 Å². The number of rotatable bonds is 17. The number of phenolic OH excluding ortho intramolecular Hbond substituents is 1. The number of benzene rings is 1. The van der Waals surface area contributed by atoms with Gasteiger partial charge in [-0.05, 0) is 36.5 Å². The molecule has 0 aromatic heterocycles. The predicted octanol–water partition coefficient (Wildman–Crippen LogP) is -0.423. The van der Waals surface area contributed by atoms with Crippen LogP contribution < -0.4 is 21.7 Å². The van der Waals surface area contributed by atoms with Crippen LogP contribution in [0.2, 0.25) is 0 Å². The molecular weight excluding hydrogens is 516 g/mol. The second-order valence-corrected chi connectivity index (χ2v) is 9.17. The molecule has 0 saturated carbocycles. The van der Waals surface area contributed by atoms with Crippen molar-refractivity contribution < 1.29 is 49.2 Å². The van der Waals surface area contributed by atoms with Crippen molar-refractivity contribution in [2.45, 2.75) is 76.5 Å². The van der Waals surface area contributed by atoms with Crippen LogP contribution in [0.4, 0.5) is 0 Å². The maximum absolute atomic E-state index is 13.3. The largest absolute Gasteiger partial charge is 0.508 e. The molecule has 0 bridgehead atoms. The minimum atomic E-state index is -1.44. The number of amides is 3. The van der Waals surface area contributed by atoms with Crippen molar-refractivity contribution in [2.24, 2.45) is 11.7 Å². The number of carboxylic acid groups (broad SMARTS) is 3. The van der Waals surface area contributed by atoms with E-state index in [1.54, 1.807) is 13.8 Å². The molecular formula is C25H36N4O10. The van der Waals surface area contributed by atoms with Crippen molar-refractivity contribution in [2.75, 3.05) is 0 Å². The van der Waals surface area contributed by atoms with Crippen molar-refractivity contribution in [3.8, 4) is 5.75 Å². The number of nitrogens with two attached hydrogens (primary N) is 1. The van der Waals surface area contributed by atoms with Crippen molar-refractivity contribution in [1.82, 2.24) is 16.0 Å². The van der Waals surface area contributed by atoms with Gasteiger partial charge in [-0.15, -0.1) is 0 Å². The molecule has 14 nitrogen and oxygen atoms in total. The SMILES string of the molecule is CCC(C)C(NC(=O)C(CCC(=O)O)NC(=O)C(Cc1ccc(O)cc1)NC(=O)C(N)CCC(=O)O)C(=O)O. The van der Waals surface area contributed by atoms with Crippen LogP contribution in [0.1, 0.15) is 51.5 Å². The highest BCUT2D eigenvalue weighted by Gasteiger charge is 2.32. The van der Waals surface area contributed by atoms with Crippen molar-refractivity contribution in [1.29, 1.82) is 0 Å². The number of carbonyl (C=O) groups is 6. The molecule has 0 heterocycles. The Kier molecular flexibility index (Phi) is 13.4. The van der Waals surface area contributed by atoms with Crippen LogP contribution in [-0.2, 0) is 35.2 Å². The Morgan fingerprint density at radius 2 is 1.31 bits per heavy atom. The Bertz CT molecular complexity index is 1030. The van der Waals surface area contributed by atoms with E-state index in [4.69, 9.17) is 15.9 Å². The molecule has 1 rings (SSSR count). The van der Waals surface area contributed by atoms with Gasteiger partial charge in [0.1, 0.15) is 23.9 Å². The molecule has 0 aliphatic rings. The monoisotopic (exact) mass is 552 g/mol. The molecule has 9 N–H and O–H groups in total. The molecule has 3 amide bonds. The zero-order valence-corrected chi connectivity index (χ0v) is 21.8. The van der Waals surface area contributed by atoms with Gasteiger partial charge in [0.2, 0.25) is 17.7 Å². The van der Waals surface area contributed by atoms with E-state index in [9.17, 15) is 39.0 Å². The lowest BCUT2D eigenvalue weighted by atomic mass is 9.98. The molecule has 0 spiro atoms. The van der Waals surface area contributed by atoms with Crippen LogP contribution in [0.5, 0.6) is 5.75 Å². The van der Waals surface area contributed by atoms with Crippen LogP contribution >= 0.6 is 0 Å². The standard InChI is InChI=1S/C25H36N4O10/c1-3-13(2)21(25(38)39)29-23(36)17(9-11-20(33)34)27-24(37)18(12-14-4-6-15(30)7-5-14)28-22(35)16(26)8-10-19(31)32/h4-7,13,16-18,21,30H,3,8-12,26H2,1-2H3,(H,27,37)(H,28,35)(H,29,36)(H,31,32)(H,33,34)(H,38,39). The van der Waals surface area contributed by atoms with Gasteiger partial charge in [0.25, 0.3) is 0 Å². The number of aliphatic carboxylic acids is 3. The molecule has 0 aliphatic heterocycles. The van der Waals surface area contributed by atoms with Gasteiger partial charge in [-0.2, -0.15) is 0 Å². The Balaban J connectivity index is 3.18. The minimum Gasteiger partial charge on any atom is -0.508 e. The van der Waals surface area contributed by atoms with Crippen LogP contribution in [0, 0.1) is 5.92 Å².